The monoisotopic (exact) mass is 224 g/mol. The summed E-state index contributed by atoms with van der Waals surface area (Å²) in [5, 5.41) is 3.73. The van der Waals surface area contributed by atoms with Crippen molar-refractivity contribution < 1.29 is 4.74 Å². The Hall–Kier alpha value is -0.120. The van der Waals surface area contributed by atoms with Crippen LogP contribution in [0.1, 0.15) is 39.0 Å². The molecule has 0 spiro atoms. The fraction of sp³-hybridized carbons (Fsp3) is 1.00. The van der Waals surface area contributed by atoms with Gasteiger partial charge in [0.25, 0.3) is 0 Å². The molecule has 0 saturated carbocycles. The Bertz CT molecular complexity index is 246. The molecule has 0 aromatic rings. The van der Waals surface area contributed by atoms with Crippen molar-refractivity contribution in [3.8, 4) is 0 Å². The van der Waals surface area contributed by atoms with Gasteiger partial charge in [0.1, 0.15) is 0 Å². The second-order valence-electron chi connectivity index (χ2n) is 5.83. The lowest BCUT2D eigenvalue weighted by atomic mass is 10.1. The molecule has 3 heterocycles. The largest absolute Gasteiger partial charge is 0.374 e. The summed E-state index contributed by atoms with van der Waals surface area (Å²) in [6, 6.07) is 1.56. The molecular formula is C13H24N2O. The Labute approximate surface area is 98.5 Å². The number of nitrogens with one attached hydrogen (secondary N) is 1. The van der Waals surface area contributed by atoms with Crippen molar-refractivity contribution in [1.29, 1.82) is 0 Å². The quantitative estimate of drug-likeness (QED) is 0.767. The highest BCUT2D eigenvalue weighted by Crippen LogP contribution is 2.23. The maximum atomic E-state index is 5.92. The first-order chi connectivity index (χ1) is 7.79. The van der Waals surface area contributed by atoms with E-state index in [9.17, 15) is 0 Å². The van der Waals surface area contributed by atoms with Crippen LogP contribution in [0.5, 0.6) is 0 Å². The van der Waals surface area contributed by atoms with Crippen molar-refractivity contribution in [3.05, 3.63) is 0 Å². The van der Waals surface area contributed by atoms with Gasteiger partial charge in [-0.1, -0.05) is 0 Å². The van der Waals surface area contributed by atoms with Gasteiger partial charge >= 0.3 is 0 Å². The molecule has 0 aromatic carbocycles. The van der Waals surface area contributed by atoms with Crippen LogP contribution in [0.25, 0.3) is 0 Å². The Balaban J connectivity index is 1.51. The smallest absolute Gasteiger partial charge is 0.0706 e. The molecule has 4 atom stereocenters. The highest BCUT2D eigenvalue weighted by atomic mass is 16.5. The van der Waals surface area contributed by atoms with Crippen LogP contribution in [-0.4, -0.2) is 48.8 Å². The normalized spacial score (nSPS) is 44.8. The van der Waals surface area contributed by atoms with Crippen LogP contribution >= 0.6 is 0 Å². The molecule has 3 heteroatoms. The predicted octanol–water partition coefficient (Wildman–Crippen LogP) is 1.38. The second kappa shape index (κ2) is 4.63. The van der Waals surface area contributed by atoms with E-state index in [0.29, 0.717) is 12.2 Å². The maximum absolute atomic E-state index is 5.92. The highest BCUT2D eigenvalue weighted by molar-refractivity contribution is 4.90. The number of ether oxygens (including phenoxy) is 1. The molecule has 92 valence electrons. The van der Waals surface area contributed by atoms with Gasteiger partial charge in [0.2, 0.25) is 0 Å². The molecular weight excluding hydrogens is 200 g/mol. The molecule has 1 N–H and O–H groups in total. The van der Waals surface area contributed by atoms with Crippen LogP contribution in [-0.2, 0) is 4.74 Å². The first kappa shape index (κ1) is 11.0. The van der Waals surface area contributed by atoms with Crippen LogP contribution in [0.4, 0.5) is 0 Å². The minimum atomic E-state index is 0.492. The second-order valence-corrected chi connectivity index (χ2v) is 5.83. The third-order valence-corrected chi connectivity index (χ3v) is 4.39. The van der Waals surface area contributed by atoms with Gasteiger partial charge in [0, 0.05) is 25.2 Å². The fourth-order valence-electron chi connectivity index (χ4n) is 3.49. The van der Waals surface area contributed by atoms with Crippen molar-refractivity contribution in [1.82, 2.24) is 10.2 Å². The van der Waals surface area contributed by atoms with Gasteiger partial charge in [-0.15, -0.1) is 0 Å². The summed E-state index contributed by atoms with van der Waals surface area (Å²) in [5.74, 6) is 0. The molecule has 3 nitrogen and oxygen atoms in total. The number of hydrogen-bond acceptors (Lipinski definition) is 3. The van der Waals surface area contributed by atoms with Crippen LogP contribution < -0.4 is 5.32 Å². The highest BCUT2D eigenvalue weighted by Gasteiger charge is 2.31. The molecule has 0 aliphatic carbocycles. The van der Waals surface area contributed by atoms with E-state index in [1.807, 2.05) is 0 Å². The Kier molecular flexibility index (Phi) is 3.18. The number of nitrogens with zero attached hydrogens (tertiary/aromatic N) is 1. The van der Waals surface area contributed by atoms with Crippen LogP contribution in [0.3, 0.4) is 0 Å². The van der Waals surface area contributed by atoms with E-state index in [2.05, 4.69) is 17.1 Å². The number of hydrogen-bond donors (Lipinski definition) is 1. The van der Waals surface area contributed by atoms with Gasteiger partial charge in [0.05, 0.1) is 12.2 Å². The van der Waals surface area contributed by atoms with E-state index in [1.165, 1.54) is 45.2 Å². The van der Waals surface area contributed by atoms with Gasteiger partial charge in [-0.2, -0.15) is 0 Å². The van der Waals surface area contributed by atoms with Gasteiger partial charge in [-0.25, -0.2) is 0 Å². The molecule has 2 bridgehead atoms. The number of likely N-dealkylation sites (tertiary alicyclic amines) is 1. The topological polar surface area (TPSA) is 24.5 Å². The molecule has 3 fully saturated rings. The molecule has 3 saturated heterocycles. The Morgan fingerprint density at radius 1 is 1.12 bits per heavy atom. The standard InChI is InChI=1S/C13H24N2O/c1-10-2-5-13(16-10)9-15-7-6-11-3-4-12(8-15)14-11/h10-14H,2-9H2,1H3. The van der Waals surface area contributed by atoms with E-state index in [4.69, 9.17) is 4.74 Å². The van der Waals surface area contributed by atoms with Crippen molar-refractivity contribution in [2.75, 3.05) is 19.6 Å². The van der Waals surface area contributed by atoms with Gasteiger partial charge in [0.15, 0.2) is 0 Å². The molecule has 0 amide bonds. The van der Waals surface area contributed by atoms with Gasteiger partial charge in [-0.3, -0.25) is 4.90 Å². The molecule has 3 aliphatic rings. The van der Waals surface area contributed by atoms with E-state index in [0.717, 1.165) is 18.6 Å². The third kappa shape index (κ3) is 2.41. The van der Waals surface area contributed by atoms with E-state index in [-0.39, 0.29) is 0 Å². The summed E-state index contributed by atoms with van der Waals surface area (Å²) in [7, 11) is 0. The van der Waals surface area contributed by atoms with Crippen LogP contribution in [0, 0.1) is 0 Å². The SMILES string of the molecule is CC1CCC(CN2CCC3CCC(C2)N3)O1. The van der Waals surface area contributed by atoms with Crippen LogP contribution in [0.2, 0.25) is 0 Å². The molecule has 4 unspecified atom stereocenters. The number of rotatable bonds is 2. The van der Waals surface area contributed by atoms with Gasteiger partial charge < -0.3 is 10.1 Å². The molecule has 0 aromatic heterocycles. The van der Waals surface area contributed by atoms with Gasteiger partial charge in [-0.05, 0) is 45.6 Å². The first-order valence-electron chi connectivity index (χ1n) is 6.93. The fourth-order valence-corrected chi connectivity index (χ4v) is 3.49. The first-order valence-corrected chi connectivity index (χ1v) is 6.93. The summed E-state index contributed by atoms with van der Waals surface area (Å²) < 4.78 is 5.92. The van der Waals surface area contributed by atoms with Crippen molar-refractivity contribution >= 4 is 0 Å². The lowest BCUT2D eigenvalue weighted by molar-refractivity contribution is 0.0306. The minimum absolute atomic E-state index is 0.492. The third-order valence-electron chi connectivity index (χ3n) is 4.39. The van der Waals surface area contributed by atoms with E-state index >= 15 is 0 Å². The molecule has 16 heavy (non-hydrogen) atoms. The summed E-state index contributed by atoms with van der Waals surface area (Å²) in [4.78, 5) is 2.62. The Morgan fingerprint density at radius 3 is 2.81 bits per heavy atom. The van der Waals surface area contributed by atoms with Crippen molar-refractivity contribution in [2.45, 2.75) is 63.3 Å². The summed E-state index contributed by atoms with van der Waals surface area (Å²) in [6.45, 7) is 5.87. The zero-order valence-corrected chi connectivity index (χ0v) is 10.3. The zero-order valence-electron chi connectivity index (χ0n) is 10.3. The Morgan fingerprint density at radius 2 is 2.00 bits per heavy atom. The van der Waals surface area contributed by atoms with Crippen LogP contribution in [0.15, 0.2) is 0 Å². The van der Waals surface area contributed by atoms with E-state index < -0.39 is 0 Å². The number of fused-ring (bicyclic) bond motifs is 2. The molecule has 3 rings (SSSR count). The lowest BCUT2D eigenvalue weighted by Crippen LogP contribution is -2.39. The summed E-state index contributed by atoms with van der Waals surface area (Å²) >= 11 is 0. The minimum Gasteiger partial charge on any atom is -0.374 e. The summed E-state index contributed by atoms with van der Waals surface area (Å²) in [5.41, 5.74) is 0. The summed E-state index contributed by atoms with van der Waals surface area (Å²) in [6.07, 6.45) is 7.62. The predicted molar refractivity (Wildman–Crippen MR) is 64.6 cm³/mol. The van der Waals surface area contributed by atoms with E-state index in [1.54, 1.807) is 0 Å². The average Bonchev–Trinajstić information content (AvgIpc) is 2.77. The zero-order chi connectivity index (χ0) is 11.0. The molecule has 0 radical (unpaired) electrons. The van der Waals surface area contributed by atoms with Crippen molar-refractivity contribution in [3.63, 3.8) is 0 Å². The van der Waals surface area contributed by atoms with Crippen molar-refractivity contribution in [2.24, 2.45) is 0 Å². The lowest BCUT2D eigenvalue weighted by Gasteiger charge is -2.26. The maximum Gasteiger partial charge on any atom is 0.0706 e. The molecule has 3 aliphatic heterocycles. The average molecular weight is 224 g/mol.